The van der Waals surface area contributed by atoms with Crippen molar-refractivity contribution in [3.63, 3.8) is 0 Å². The maximum absolute atomic E-state index is 12.8. The molecule has 3 rings (SSSR count). The fourth-order valence-corrected chi connectivity index (χ4v) is 6.08. The van der Waals surface area contributed by atoms with Crippen LogP contribution in [0.15, 0.2) is 36.5 Å². The highest BCUT2D eigenvalue weighted by Gasteiger charge is 2.70. The van der Waals surface area contributed by atoms with Crippen LogP contribution in [-0.4, -0.2) is 75.1 Å². The number of fused-ring (bicyclic) bond motifs is 2. The summed E-state index contributed by atoms with van der Waals surface area (Å²) in [6.07, 6.45) is 0.581. The fourth-order valence-electron chi connectivity index (χ4n) is 5.76. The Morgan fingerprint density at radius 3 is 2.08 bits per heavy atom. The van der Waals surface area contributed by atoms with E-state index in [0.717, 1.165) is 13.8 Å². The number of hydrogen-bond donors (Lipinski definition) is 2. The number of esters is 4. The SMILES string of the molecule is C=C1C=CC(OC(C)=O)C2(C)C=CC(OC(C)=O)C(C)(O)C2C(OC(C)=O)C2(O)C(C)C(=O)OC2C1Cl. The Morgan fingerprint density at radius 1 is 1.00 bits per heavy atom. The van der Waals surface area contributed by atoms with Gasteiger partial charge >= 0.3 is 23.9 Å². The summed E-state index contributed by atoms with van der Waals surface area (Å²) < 4.78 is 22.2. The highest BCUT2D eigenvalue weighted by molar-refractivity contribution is 6.23. The van der Waals surface area contributed by atoms with Gasteiger partial charge in [-0.05, 0) is 31.6 Å². The molecule has 10 nitrogen and oxygen atoms in total. The summed E-state index contributed by atoms with van der Waals surface area (Å²) >= 11 is 6.64. The normalized spacial score (nSPS) is 43.2. The minimum absolute atomic E-state index is 0.233. The molecule has 0 amide bonds. The molecular weight excluding hydrogens is 508 g/mol. The van der Waals surface area contributed by atoms with E-state index < -0.39 is 82.1 Å². The molecule has 2 aliphatic carbocycles. The van der Waals surface area contributed by atoms with Gasteiger partial charge in [0.2, 0.25) is 0 Å². The number of rotatable bonds is 3. The number of halogens is 1. The maximum atomic E-state index is 12.8. The van der Waals surface area contributed by atoms with E-state index in [9.17, 15) is 29.4 Å². The molecular formula is C26H33ClO10. The first-order chi connectivity index (χ1) is 17.0. The van der Waals surface area contributed by atoms with Gasteiger partial charge in [0.15, 0.2) is 11.7 Å². The lowest BCUT2D eigenvalue weighted by molar-refractivity contribution is -0.242. The van der Waals surface area contributed by atoms with Gasteiger partial charge in [0.25, 0.3) is 0 Å². The predicted octanol–water partition coefficient (Wildman–Crippen LogP) is 1.75. The first kappa shape index (κ1) is 28.9. The van der Waals surface area contributed by atoms with Gasteiger partial charge in [-0.2, -0.15) is 0 Å². The predicted molar refractivity (Wildman–Crippen MR) is 130 cm³/mol. The molecule has 1 saturated heterocycles. The van der Waals surface area contributed by atoms with Gasteiger partial charge in [-0.15, -0.1) is 11.6 Å². The van der Waals surface area contributed by atoms with Crippen molar-refractivity contribution >= 4 is 35.5 Å². The quantitative estimate of drug-likeness (QED) is 0.235. The third-order valence-electron chi connectivity index (χ3n) is 7.61. The third-order valence-corrected chi connectivity index (χ3v) is 8.12. The summed E-state index contributed by atoms with van der Waals surface area (Å²) in [7, 11) is 0. The Bertz CT molecular complexity index is 1060. The monoisotopic (exact) mass is 540 g/mol. The van der Waals surface area contributed by atoms with E-state index >= 15 is 0 Å². The van der Waals surface area contributed by atoms with Crippen LogP contribution in [0.1, 0.15) is 41.5 Å². The molecule has 0 aromatic carbocycles. The molecule has 10 atom stereocenters. The van der Waals surface area contributed by atoms with E-state index in [-0.39, 0.29) is 5.57 Å². The molecule has 0 aromatic rings. The zero-order valence-electron chi connectivity index (χ0n) is 21.6. The minimum atomic E-state index is -2.27. The van der Waals surface area contributed by atoms with Crippen LogP contribution in [0.2, 0.25) is 0 Å². The fraction of sp³-hybridized carbons (Fsp3) is 0.615. The average molecular weight is 541 g/mol. The van der Waals surface area contributed by atoms with Crippen molar-refractivity contribution in [2.75, 3.05) is 0 Å². The molecule has 204 valence electrons. The van der Waals surface area contributed by atoms with Crippen molar-refractivity contribution < 1.29 is 48.3 Å². The summed E-state index contributed by atoms with van der Waals surface area (Å²) in [4.78, 5) is 49.3. The Morgan fingerprint density at radius 2 is 1.54 bits per heavy atom. The van der Waals surface area contributed by atoms with Crippen molar-refractivity contribution in [3.05, 3.63) is 36.5 Å². The smallest absolute Gasteiger partial charge is 0.312 e. The van der Waals surface area contributed by atoms with E-state index in [0.29, 0.717) is 0 Å². The minimum Gasteiger partial charge on any atom is -0.459 e. The van der Waals surface area contributed by atoms with Gasteiger partial charge in [-0.1, -0.05) is 25.7 Å². The summed E-state index contributed by atoms with van der Waals surface area (Å²) in [6.45, 7) is 11.8. The molecule has 0 bridgehead atoms. The molecule has 1 fully saturated rings. The number of carbonyl (C=O) groups is 4. The number of hydrogen-bond acceptors (Lipinski definition) is 10. The first-order valence-electron chi connectivity index (χ1n) is 11.8. The number of carbonyl (C=O) groups excluding carboxylic acids is 4. The third kappa shape index (κ3) is 4.82. The lowest BCUT2D eigenvalue weighted by atomic mass is 9.55. The molecule has 0 radical (unpaired) electrons. The Labute approximate surface area is 220 Å². The average Bonchev–Trinajstić information content (AvgIpc) is 3.00. The Hall–Kier alpha value is -2.69. The van der Waals surface area contributed by atoms with Crippen LogP contribution in [0, 0.1) is 17.3 Å². The van der Waals surface area contributed by atoms with Crippen LogP contribution in [-0.2, 0) is 38.1 Å². The number of alkyl halides is 1. The lowest BCUT2D eigenvalue weighted by Crippen LogP contribution is -2.70. The largest absolute Gasteiger partial charge is 0.459 e. The van der Waals surface area contributed by atoms with Gasteiger partial charge in [0.05, 0.1) is 11.3 Å². The lowest BCUT2D eigenvalue weighted by Gasteiger charge is -2.56. The summed E-state index contributed by atoms with van der Waals surface area (Å²) in [5.41, 5.74) is -5.44. The van der Waals surface area contributed by atoms with Crippen molar-refractivity contribution in [2.45, 2.75) is 82.5 Å². The van der Waals surface area contributed by atoms with Gasteiger partial charge in [-0.25, -0.2) is 0 Å². The van der Waals surface area contributed by atoms with Crippen LogP contribution in [0.25, 0.3) is 0 Å². The van der Waals surface area contributed by atoms with E-state index in [1.165, 1.54) is 39.0 Å². The molecule has 1 heterocycles. The molecule has 0 aromatic heterocycles. The summed E-state index contributed by atoms with van der Waals surface area (Å²) in [6, 6.07) is 0. The molecule has 2 N–H and O–H groups in total. The van der Waals surface area contributed by atoms with Crippen LogP contribution in [0.4, 0.5) is 0 Å². The van der Waals surface area contributed by atoms with E-state index in [1.807, 2.05) is 0 Å². The summed E-state index contributed by atoms with van der Waals surface area (Å²) in [5, 5.41) is 23.1. The maximum Gasteiger partial charge on any atom is 0.312 e. The standard InChI is InChI=1S/C26H33ClO10/c1-12-8-9-17(34-14(3)28)24(6)11-10-18(35-15(4)29)25(7,32)20(24)22(36-16(5)30)26(33)13(2)23(31)37-21(26)19(12)27/h8-11,13,17-22,32-33H,1H2,2-7H3. The molecule has 0 saturated carbocycles. The van der Waals surface area contributed by atoms with Crippen LogP contribution >= 0.6 is 11.6 Å². The second-order valence-corrected chi connectivity index (χ2v) is 10.8. The van der Waals surface area contributed by atoms with Gasteiger partial charge < -0.3 is 29.2 Å². The van der Waals surface area contributed by atoms with Crippen molar-refractivity contribution in [1.29, 1.82) is 0 Å². The molecule has 3 aliphatic rings. The van der Waals surface area contributed by atoms with Crippen molar-refractivity contribution in [1.82, 2.24) is 0 Å². The van der Waals surface area contributed by atoms with E-state index in [2.05, 4.69) is 6.58 Å². The van der Waals surface area contributed by atoms with E-state index in [4.69, 9.17) is 30.5 Å². The van der Waals surface area contributed by atoms with Crippen molar-refractivity contribution in [3.8, 4) is 0 Å². The Balaban J connectivity index is 2.42. The summed E-state index contributed by atoms with van der Waals surface area (Å²) in [5.74, 6) is -5.56. The highest BCUT2D eigenvalue weighted by atomic mass is 35.5. The molecule has 1 aliphatic heterocycles. The van der Waals surface area contributed by atoms with Gasteiger partial charge in [0.1, 0.15) is 23.9 Å². The molecule has 0 spiro atoms. The number of allylic oxidation sites excluding steroid dienone is 1. The second-order valence-electron chi connectivity index (χ2n) is 10.3. The van der Waals surface area contributed by atoms with Crippen LogP contribution in [0.3, 0.4) is 0 Å². The van der Waals surface area contributed by atoms with Gasteiger partial charge in [-0.3, -0.25) is 19.2 Å². The topological polar surface area (TPSA) is 146 Å². The van der Waals surface area contributed by atoms with Crippen LogP contribution in [0.5, 0.6) is 0 Å². The zero-order valence-corrected chi connectivity index (χ0v) is 22.4. The number of aliphatic hydroxyl groups is 2. The van der Waals surface area contributed by atoms with E-state index in [1.54, 1.807) is 13.0 Å². The number of ether oxygens (including phenoxy) is 4. The molecule has 11 heteroatoms. The highest BCUT2D eigenvalue weighted by Crippen LogP contribution is 2.55. The van der Waals surface area contributed by atoms with Crippen LogP contribution < -0.4 is 0 Å². The molecule has 37 heavy (non-hydrogen) atoms. The molecule has 10 unspecified atom stereocenters. The second kappa shape index (κ2) is 9.89. The van der Waals surface area contributed by atoms with Gasteiger partial charge in [0, 0.05) is 32.1 Å². The Kier molecular flexibility index (Phi) is 7.71. The van der Waals surface area contributed by atoms with Crippen molar-refractivity contribution in [2.24, 2.45) is 17.3 Å². The zero-order chi connectivity index (χ0) is 28.1. The first-order valence-corrected chi connectivity index (χ1v) is 12.3.